The second-order valence-electron chi connectivity index (χ2n) is 5.33. The molecule has 0 aliphatic carbocycles. The number of para-hydroxylation sites is 2. The van der Waals surface area contributed by atoms with E-state index >= 15 is 0 Å². The molecule has 0 amide bonds. The molecule has 24 heavy (non-hydrogen) atoms. The maximum absolute atomic E-state index is 13.6. The highest BCUT2D eigenvalue weighted by atomic mass is 19.1. The van der Waals surface area contributed by atoms with Crippen molar-refractivity contribution in [2.75, 3.05) is 5.43 Å². The van der Waals surface area contributed by atoms with E-state index in [0.717, 1.165) is 16.8 Å². The van der Waals surface area contributed by atoms with Crippen LogP contribution in [0, 0.1) is 5.82 Å². The van der Waals surface area contributed by atoms with E-state index in [9.17, 15) is 4.39 Å². The van der Waals surface area contributed by atoms with Crippen LogP contribution in [-0.2, 0) is 13.2 Å². The Bertz CT molecular complexity index is 777. The Labute approximate surface area is 141 Å². The van der Waals surface area contributed by atoms with Gasteiger partial charge in [0.25, 0.3) is 0 Å². The van der Waals surface area contributed by atoms with Gasteiger partial charge in [-0.15, -0.1) is 0 Å². The van der Waals surface area contributed by atoms with Gasteiger partial charge in [-0.2, -0.15) is 0 Å². The fraction of sp³-hybridized carbons (Fsp3) is 0.100. The zero-order valence-corrected chi connectivity index (χ0v) is 13.2. The molecule has 0 saturated carbocycles. The third kappa shape index (κ3) is 4.33. The molecule has 0 aliphatic rings. The van der Waals surface area contributed by atoms with Crippen LogP contribution in [0.3, 0.4) is 0 Å². The number of hydrazine groups is 1. The van der Waals surface area contributed by atoms with Crippen LogP contribution in [0.25, 0.3) is 0 Å². The van der Waals surface area contributed by atoms with Crippen molar-refractivity contribution in [3.05, 3.63) is 95.8 Å². The molecule has 0 fully saturated rings. The first-order valence-electron chi connectivity index (χ1n) is 7.81. The van der Waals surface area contributed by atoms with Crippen LogP contribution in [0.2, 0.25) is 0 Å². The van der Waals surface area contributed by atoms with Crippen molar-refractivity contribution in [3.63, 3.8) is 0 Å². The van der Waals surface area contributed by atoms with E-state index in [4.69, 9.17) is 4.74 Å². The third-order valence-corrected chi connectivity index (χ3v) is 3.62. The minimum absolute atomic E-state index is 0.266. The lowest BCUT2D eigenvalue weighted by molar-refractivity contribution is 0.289. The van der Waals surface area contributed by atoms with Gasteiger partial charge in [-0.3, -0.25) is 0 Å². The molecule has 0 atom stereocenters. The van der Waals surface area contributed by atoms with Crippen molar-refractivity contribution in [2.45, 2.75) is 13.2 Å². The average Bonchev–Trinajstić information content (AvgIpc) is 2.63. The molecule has 0 aromatic heterocycles. The van der Waals surface area contributed by atoms with E-state index in [1.807, 2.05) is 54.6 Å². The standard InChI is InChI=1S/C20H19FN2O/c21-19-12-6-7-13-20(19)24-15-17-9-5-4-8-16(17)14-22-23-18-10-2-1-3-11-18/h1-13,22-23H,14-15H2. The van der Waals surface area contributed by atoms with Gasteiger partial charge >= 0.3 is 0 Å². The van der Waals surface area contributed by atoms with Crippen molar-refractivity contribution in [1.29, 1.82) is 0 Å². The van der Waals surface area contributed by atoms with Gasteiger partial charge in [-0.05, 0) is 35.4 Å². The Morgan fingerprint density at radius 1 is 0.750 bits per heavy atom. The van der Waals surface area contributed by atoms with E-state index in [1.165, 1.54) is 6.07 Å². The largest absolute Gasteiger partial charge is 0.486 e. The molecule has 0 aliphatic heterocycles. The molecule has 2 N–H and O–H groups in total. The second-order valence-corrected chi connectivity index (χ2v) is 5.33. The molecule has 0 heterocycles. The topological polar surface area (TPSA) is 33.3 Å². The average molecular weight is 322 g/mol. The van der Waals surface area contributed by atoms with Crippen LogP contribution < -0.4 is 15.6 Å². The number of hydrogen-bond donors (Lipinski definition) is 2. The Morgan fingerprint density at radius 3 is 2.21 bits per heavy atom. The normalized spacial score (nSPS) is 10.4. The molecule has 3 nitrogen and oxygen atoms in total. The summed E-state index contributed by atoms with van der Waals surface area (Å²) < 4.78 is 19.2. The monoisotopic (exact) mass is 322 g/mol. The quantitative estimate of drug-likeness (QED) is 0.627. The molecule has 0 bridgehead atoms. The summed E-state index contributed by atoms with van der Waals surface area (Å²) in [6, 6.07) is 24.3. The lowest BCUT2D eigenvalue weighted by Crippen LogP contribution is -2.21. The van der Waals surface area contributed by atoms with Gasteiger partial charge in [0, 0.05) is 12.2 Å². The molecule has 3 aromatic carbocycles. The number of rotatable bonds is 7. The molecular formula is C20H19FN2O. The molecule has 0 unspecified atom stereocenters. The van der Waals surface area contributed by atoms with Crippen LogP contribution in [0.1, 0.15) is 11.1 Å². The van der Waals surface area contributed by atoms with Gasteiger partial charge in [0.2, 0.25) is 0 Å². The van der Waals surface area contributed by atoms with E-state index in [2.05, 4.69) is 10.9 Å². The van der Waals surface area contributed by atoms with Crippen molar-refractivity contribution in [2.24, 2.45) is 0 Å². The van der Waals surface area contributed by atoms with Crippen LogP contribution in [-0.4, -0.2) is 0 Å². The lowest BCUT2D eigenvalue weighted by Gasteiger charge is -2.13. The van der Waals surface area contributed by atoms with Gasteiger partial charge in [0.15, 0.2) is 11.6 Å². The first-order valence-corrected chi connectivity index (χ1v) is 7.81. The summed E-state index contributed by atoms with van der Waals surface area (Å²) in [6.07, 6.45) is 0. The van der Waals surface area contributed by atoms with Crippen LogP contribution >= 0.6 is 0 Å². The maximum atomic E-state index is 13.6. The molecule has 3 rings (SSSR count). The fourth-order valence-electron chi connectivity index (χ4n) is 2.35. The molecule has 0 radical (unpaired) electrons. The van der Waals surface area contributed by atoms with E-state index < -0.39 is 0 Å². The zero-order valence-electron chi connectivity index (χ0n) is 13.2. The summed E-state index contributed by atoms with van der Waals surface area (Å²) in [5.41, 5.74) is 9.45. The van der Waals surface area contributed by atoms with Crippen LogP contribution in [0.4, 0.5) is 10.1 Å². The van der Waals surface area contributed by atoms with Gasteiger partial charge in [-0.1, -0.05) is 54.6 Å². The highest BCUT2D eigenvalue weighted by molar-refractivity contribution is 5.41. The van der Waals surface area contributed by atoms with Crippen molar-refractivity contribution < 1.29 is 9.13 Å². The predicted octanol–water partition coefficient (Wildman–Crippen LogP) is 4.52. The van der Waals surface area contributed by atoms with Crippen molar-refractivity contribution >= 4 is 5.69 Å². The summed E-state index contributed by atoms with van der Waals surface area (Å²) in [5, 5.41) is 0. The fourth-order valence-corrected chi connectivity index (χ4v) is 2.35. The molecule has 0 spiro atoms. The SMILES string of the molecule is Fc1ccccc1OCc1ccccc1CNNc1ccccc1. The summed E-state index contributed by atoms with van der Waals surface area (Å²) in [5.74, 6) is -0.0819. The summed E-state index contributed by atoms with van der Waals surface area (Å²) in [6.45, 7) is 0.954. The number of hydrogen-bond acceptors (Lipinski definition) is 3. The van der Waals surface area contributed by atoms with Crippen LogP contribution in [0.15, 0.2) is 78.9 Å². The minimum atomic E-state index is -0.348. The first-order chi connectivity index (χ1) is 11.8. The van der Waals surface area contributed by atoms with Gasteiger partial charge < -0.3 is 10.2 Å². The van der Waals surface area contributed by atoms with Gasteiger partial charge in [0.1, 0.15) is 6.61 Å². The summed E-state index contributed by atoms with van der Waals surface area (Å²) >= 11 is 0. The van der Waals surface area contributed by atoms with Crippen molar-refractivity contribution in [1.82, 2.24) is 5.43 Å². The molecule has 4 heteroatoms. The van der Waals surface area contributed by atoms with E-state index in [-0.39, 0.29) is 11.6 Å². The molecule has 122 valence electrons. The van der Waals surface area contributed by atoms with Crippen molar-refractivity contribution in [3.8, 4) is 5.75 Å². The smallest absolute Gasteiger partial charge is 0.165 e. The number of nitrogens with one attached hydrogen (secondary N) is 2. The highest BCUT2D eigenvalue weighted by Crippen LogP contribution is 2.18. The number of anilines is 1. The Hall–Kier alpha value is -2.85. The van der Waals surface area contributed by atoms with E-state index in [1.54, 1.807) is 18.2 Å². The number of halogens is 1. The first kappa shape index (κ1) is 16.0. The number of benzene rings is 3. The minimum Gasteiger partial charge on any atom is -0.486 e. The summed E-state index contributed by atoms with van der Waals surface area (Å²) in [4.78, 5) is 0. The van der Waals surface area contributed by atoms with Crippen LogP contribution in [0.5, 0.6) is 5.75 Å². The maximum Gasteiger partial charge on any atom is 0.165 e. The number of ether oxygens (including phenoxy) is 1. The Kier molecular flexibility index (Phi) is 5.43. The molecular weight excluding hydrogens is 303 g/mol. The summed E-state index contributed by atoms with van der Waals surface area (Å²) in [7, 11) is 0. The highest BCUT2D eigenvalue weighted by Gasteiger charge is 2.05. The third-order valence-electron chi connectivity index (χ3n) is 3.62. The molecule has 0 saturated heterocycles. The lowest BCUT2D eigenvalue weighted by atomic mass is 10.1. The van der Waals surface area contributed by atoms with Gasteiger partial charge in [0.05, 0.1) is 0 Å². The Balaban J connectivity index is 1.59. The second kappa shape index (κ2) is 8.13. The zero-order chi connectivity index (χ0) is 16.6. The van der Waals surface area contributed by atoms with E-state index in [0.29, 0.717) is 13.2 Å². The predicted molar refractivity (Wildman–Crippen MR) is 94.1 cm³/mol. The molecule has 3 aromatic rings. The Morgan fingerprint density at radius 2 is 1.42 bits per heavy atom. The van der Waals surface area contributed by atoms with Gasteiger partial charge in [-0.25, -0.2) is 9.82 Å².